The summed E-state index contributed by atoms with van der Waals surface area (Å²) in [5.41, 5.74) is 6.88. The number of hydrogen-bond donors (Lipinski definition) is 3. The van der Waals surface area contributed by atoms with Gasteiger partial charge in [-0.1, -0.05) is 0 Å². The molecule has 0 unspecified atom stereocenters. The predicted molar refractivity (Wildman–Crippen MR) is 90.0 cm³/mol. The van der Waals surface area contributed by atoms with Crippen LogP contribution in [0.5, 0.6) is 0 Å². The van der Waals surface area contributed by atoms with Crippen molar-refractivity contribution < 1.29 is 0 Å². The topological polar surface area (TPSA) is 113 Å². The fraction of sp³-hybridized carbons (Fsp3) is 0.500. The van der Waals surface area contributed by atoms with Gasteiger partial charge in [0.25, 0.3) is 0 Å². The Hall–Kier alpha value is -2.46. The minimum absolute atomic E-state index is 0.0568. The third-order valence-corrected chi connectivity index (χ3v) is 3.94. The van der Waals surface area contributed by atoms with E-state index < -0.39 is 0 Å². The number of aromatic nitrogens is 3. The Morgan fingerprint density at radius 1 is 1.39 bits per heavy atom. The molecule has 1 saturated carbocycles. The zero-order valence-corrected chi connectivity index (χ0v) is 13.6. The highest BCUT2D eigenvalue weighted by atomic mass is 15.2. The van der Waals surface area contributed by atoms with Crippen molar-refractivity contribution >= 4 is 22.7 Å². The van der Waals surface area contributed by atoms with Gasteiger partial charge in [-0.25, -0.2) is 15.0 Å². The molecule has 0 aromatic carbocycles. The lowest BCUT2D eigenvalue weighted by atomic mass is 9.75. The van der Waals surface area contributed by atoms with Crippen LogP contribution in [0, 0.1) is 11.3 Å². The predicted octanol–water partition coefficient (Wildman–Crippen LogP) is 2.01. The second kappa shape index (κ2) is 5.63. The number of rotatable bonds is 4. The van der Waals surface area contributed by atoms with Crippen LogP contribution in [0.4, 0.5) is 11.8 Å². The third kappa shape index (κ3) is 3.17. The fourth-order valence-electron chi connectivity index (χ4n) is 3.00. The van der Waals surface area contributed by atoms with Crippen LogP contribution < -0.4 is 16.4 Å². The molecule has 0 atom stereocenters. The first-order valence-corrected chi connectivity index (χ1v) is 7.77. The van der Waals surface area contributed by atoms with E-state index in [-0.39, 0.29) is 17.6 Å². The van der Waals surface area contributed by atoms with Crippen molar-refractivity contribution in [2.45, 2.75) is 51.2 Å². The first-order chi connectivity index (χ1) is 10.9. The molecule has 0 saturated heterocycles. The number of nitriles is 1. The van der Waals surface area contributed by atoms with Gasteiger partial charge in [0.05, 0.1) is 0 Å². The highest BCUT2D eigenvalue weighted by molar-refractivity contribution is 5.89. The lowest BCUT2D eigenvalue weighted by molar-refractivity contribution is 0.257. The monoisotopic (exact) mass is 311 g/mol. The van der Waals surface area contributed by atoms with Crippen molar-refractivity contribution in [3.05, 3.63) is 18.0 Å². The van der Waals surface area contributed by atoms with Gasteiger partial charge in [-0.15, -0.1) is 0 Å². The van der Waals surface area contributed by atoms with Gasteiger partial charge in [0.2, 0.25) is 5.95 Å². The second-order valence-corrected chi connectivity index (χ2v) is 6.75. The molecule has 4 N–H and O–H groups in total. The zero-order valence-electron chi connectivity index (χ0n) is 13.6. The van der Waals surface area contributed by atoms with E-state index in [1.165, 1.54) is 0 Å². The molecule has 1 fully saturated rings. The zero-order chi connectivity index (χ0) is 16.6. The summed E-state index contributed by atoms with van der Waals surface area (Å²) < 4.78 is 0. The van der Waals surface area contributed by atoms with Crippen molar-refractivity contribution in [2.75, 3.05) is 10.6 Å². The van der Waals surface area contributed by atoms with Crippen LogP contribution >= 0.6 is 0 Å². The van der Waals surface area contributed by atoms with Gasteiger partial charge in [-0.05, 0) is 39.7 Å². The lowest BCUT2D eigenvalue weighted by Crippen LogP contribution is -2.54. The molecule has 1 aliphatic rings. The molecule has 3 rings (SSSR count). The Labute approximate surface area is 135 Å². The van der Waals surface area contributed by atoms with Gasteiger partial charge in [-0.2, -0.15) is 5.26 Å². The Morgan fingerprint density at radius 3 is 2.74 bits per heavy atom. The summed E-state index contributed by atoms with van der Waals surface area (Å²) in [6.45, 7) is 6.15. The number of nitrogens with two attached hydrogens (primary N) is 1. The molecule has 120 valence electrons. The summed E-state index contributed by atoms with van der Waals surface area (Å²) in [6, 6.07) is 4.20. The first-order valence-electron chi connectivity index (χ1n) is 7.77. The molecular weight excluding hydrogens is 290 g/mol. The molecule has 7 heteroatoms. The highest BCUT2D eigenvalue weighted by Gasteiger charge is 2.38. The first kappa shape index (κ1) is 15.4. The van der Waals surface area contributed by atoms with Crippen molar-refractivity contribution in [3.8, 4) is 6.07 Å². The highest BCUT2D eigenvalue weighted by Crippen LogP contribution is 2.33. The normalized spacial score (nSPS) is 23.4. The molecule has 0 aliphatic heterocycles. The SMILES string of the molecule is CC(C)Nc1nc(C#N)cc2cnc(N[C@]3(C)C[C@@H](N)C3)nc12. The van der Waals surface area contributed by atoms with E-state index in [0.29, 0.717) is 23.0 Å². The number of nitrogens with zero attached hydrogens (tertiary/aromatic N) is 4. The molecule has 0 radical (unpaired) electrons. The van der Waals surface area contributed by atoms with Gasteiger partial charge in [-0.3, -0.25) is 0 Å². The number of anilines is 2. The number of pyridine rings is 1. The van der Waals surface area contributed by atoms with E-state index in [4.69, 9.17) is 11.0 Å². The molecule has 0 spiro atoms. The van der Waals surface area contributed by atoms with Crippen LogP contribution in [0.3, 0.4) is 0 Å². The summed E-state index contributed by atoms with van der Waals surface area (Å²) in [6.07, 6.45) is 3.52. The van der Waals surface area contributed by atoms with Crippen molar-refractivity contribution in [3.63, 3.8) is 0 Å². The molecule has 2 aromatic rings. The Morgan fingerprint density at radius 2 is 2.13 bits per heavy atom. The van der Waals surface area contributed by atoms with Crippen LogP contribution in [0.15, 0.2) is 12.3 Å². The molecule has 0 amide bonds. The van der Waals surface area contributed by atoms with E-state index in [9.17, 15) is 0 Å². The molecule has 2 aromatic heterocycles. The number of fused-ring (bicyclic) bond motifs is 1. The summed E-state index contributed by atoms with van der Waals surface area (Å²) in [5, 5.41) is 16.5. The minimum atomic E-state index is -0.0568. The molecule has 2 heterocycles. The van der Waals surface area contributed by atoms with Gasteiger partial charge in [0, 0.05) is 29.2 Å². The van der Waals surface area contributed by atoms with E-state index in [0.717, 1.165) is 18.2 Å². The fourth-order valence-corrected chi connectivity index (χ4v) is 3.00. The molecular formula is C16H21N7. The third-order valence-electron chi connectivity index (χ3n) is 3.94. The lowest BCUT2D eigenvalue weighted by Gasteiger charge is -2.43. The smallest absolute Gasteiger partial charge is 0.223 e. The van der Waals surface area contributed by atoms with Crippen molar-refractivity contribution in [1.29, 1.82) is 5.26 Å². The van der Waals surface area contributed by atoms with Crippen LogP contribution in [0.2, 0.25) is 0 Å². The second-order valence-electron chi connectivity index (χ2n) is 6.75. The van der Waals surface area contributed by atoms with Crippen LogP contribution in [0.25, 0.3) is 10.9 Å². The van der Waals surface area contributed by atoms with Gasteiger partial charge in [0.1, 0.15) is 17.3 Å². The van der Waals surface area contributed by atoms with Crippen LogP contribution in [0.1, 0.15) is 39.3 Å². The molecule has 7 nitrogen and oxygen atoms in total. The van der Waals surface area contributed by atoms with Gasteiger partial charge >= 0.3 is 0 Å². The van der Waals surface area contributed by atoms with E-state index in [2.05, 4.69) is 38.6 Å². The van der Waals surface area contributed by atoms with Crippen LogP contribution in [-0.4, -0.2) is 32.6 Å². The quantitative estimate of drug-likeness (QED) is 0.791. The summed E-state index contributed by atoms with van der Waals surface area (Å²) in [4.78, 5) is 13.3. The average molecular weight is 311 g/mol. The molecule has 23 heavy (non-hydrogen) atoms. The maximum Gasteiger partial charge on any atom is 0.223 e. The van der Waals surface area contributed by atoms with Gasteiger partial charge in [0.15, 0.2) is 5.82 Å². The summed E-state index contributed by atoms with van der Waals surface area (Å²) >= 11 is 0. The van der Waals surface area contributed by atoms with Crippen LogP contribution in [-0.2, 0) is 0 Å². The number of hydrogen-bond acceptors (Lipinski definition) is 7. The van der Waals surface area contributed by atoms with E-state index in [1.54, 1.807) is 12.3 Å². The molecule has 0 bridgehead atoms. The Bertz CT molecular complexity index is 772. The minimum Gasteiger partial charge on any atom is -0.366 e. The van der Waals surface area contributed by atoms with Crippen molar-refractivity contribution in [1.82, 2.24) is 15.0 Å². The average Bonchev–Trinajstić information content (AvgIpc) is 2.45. The van der Waals surface area contributed by atoms with Gasteiger partial charge < -0.3 is 16.4 Å². The summed E-state index contributed by atoms with van der Waals surface area (Å²) in [5.74, 6) is 1.17. The Kier molecular flexibility index (Phi) is 3.78. The molecule has 1 aliphatic carbocycles. The Balaban J connectivity index is 1.99. The number of nitrogens with one attached hydrogen (secondary N) is 2. The van der Waals surface area contributed by atoms with E-state index in [1.807, 2.05) is 13.8 Å². The van der Waals surface area contributed by atoms with Crippen molar-refractivity contribution in [2.24, 2.45) is 5.73 Å². The van der Waals surface area contributed by atoms with E-state index >= 15 is 0 Å². The standard InChI is InChI=1S/C16H21N7/c1-9(2)20-14-13-10(4-12(7-17)21-14)8-19-15(22-13)23-16(3)5-11(18)6-16/h4,8-9,11H,5-6,18H2,1-3H3,(H,20,21)(H,19,22,23)/t11-,16-. The maximum atomic E-state index is 9.12. The summed E-state index contributed by atoms with van der Waals surface area (Å²) in [7, 11) is 0. The largest absolute Gasteiger partial charge is 0.366 e. The maximum absolute atomic E-state index is 9.12.